The standard InChI is InChI=1S/C38H49F6N3O11/c1-17-6-8-24-20(28(37(39,40)41)51-31-35(24)22(17)10-12-33(4,53-31)55-57-35)15-45-27(49)14-26(47-19(3)48)30(50)46-16-21-25-9-7-18(2)23-11-13-34(5)54-32(36(23,25)58-56-34)52-29(21)38(42,43)44/h17-18,22-26,31-32H,6-16H2,1-5H3,(H,45,49)(H,46,50)(H,47,48)/t17-,18-,22+,23+,24+,25+,26+,31-,32-,33+,34-,35-,36-/m1/s1. The fourth-order valence-electron chi connectivity index (χ4n) is 11.1. The van der Waals surface area contributed by atoms with Crippen LogP contribution in [-0.2, 0) is 52.9 Å². The second kappa shape index (κ2) is 14.2. The number of nitrogens with one attached hydrogen (secondary N) is 3. The number of rotatable bonds is 8. The summed E-state index contributed by atoms with van der Waals surface area (Å²) < 4.78 is 111. The molecule has 20 heteroatoms. The predicted octanol–water partition coefficient (Wildman–Crippen LogP) is 5.24. The van der Waals surface area contributed by atoms with E-state index in [-0.39, 0.29) is 47.7 Å². The third kappa shape index (κ3) is 6.77. The number of halogens is 6. The number of carbonyl (C=O) groups excluding carboxylic acids is 3. The van der Waals surface area contributed by atoms with Gasteiger partial charge < -0.3 is 34.9 Å². The predicted molar refractivity (Wildman–Crippen MR) is 182 cm³/mol. The fourth-order valence-corrected chi connectivity index (χ4v) is 11.1. The lowest BCUT2D eigenvalue weighted by Crippen LogP contribution is -2.68. The van der Waals surface area contributed by atoms with Gasteiger partial charge in [0.1, 0.15) is 6.04 Å². The van der Waals surface area contributed by atoms with Gasteiger partial charge in [-0.1, -0.05) is 13.8 Å². The van der Waals surface area contributed by atoms with Crippen LogP contribution in [0.4, 0.5) is 26.3 Å². The van der Waals surface area contributed by atoms with Crippen molar-refractivity contribution in [2.75, 3.05) is 13.1 Å². The maximum Gasteiger partial charge on any atom is 0.449 e. The number of fused-ring (bicyclic) bond motifs is 4. The first-order valence-corrected chi connectivity index (χ1v) is 19.9. The third-order valence-electron chi connectivity index (χ3n) is 13.8. The topological polar surface area (TPSA) is 161 Å². The monoisotopic (exact) mass is 837 g/mol. The molecule has 14 nitrogen and oxygen atoms in total. The minimum absolute atomic E-state index is 0.0214. The molecular weight excluding hydrogens is 788 g/mol. The Hall–Kier alpha value is -3.17. The van der Waals surface area contributed by atoms with Crippen molar-refractivity contribution in [1.29, 1.82) is 0 Å². The minimum Gasteiger partial charge on any atom is -0.456 e. The third-order valence-corrected chi connectivity index (χ3v) is 13.8. The first kappa shape index (κ1) is 41.6. The summed E-state index contributed by atoms with van der Waals surface area (Å²) in [5.74, 6) is -10.4. The largest absolute Gasteiger partial charge is 0.456 e. The van der Waals surface area contributed by atoms with Gasteiger partial charge in [0.25, 0.3) is 0 Å². The lowest BCUT2D eigenvalue weighted by Gasteiger charge is -2.57. The lowest BCUT2D eigenvalue weighted by molar-refractivity contribution is -0.557. The maximum absolute atomic E-state index is 14.7. The van der Waals surface area contributed by atoms with Crippen LogP contribution in [0.5, 0.6) is 0 Å². The summed E-state index contributed by atoms with van der Waals surface area (Å²) in [6.07, 6.45) is -10.3. The number of hydrogen-bond donors (Lipinski definition) is 3. The van der Waals surface area contributed by atoms with Gasteiger partial charge in [0, 0.05) is 67.7 Å². The van der Waals surface area contributed by atoms with Crippen LogP contribution in [0.15, 0.2) is 22.7 Å². The van der Waals surface area contributed by atoms with Gasteiger partial charge in [-0.25, -0.2) is 19.6 Å². The molecule has 4 bridgehead atoms. The molecule has 58 heavy (non-hydrogen) atoms. The molecular formula is C38H49F6N3O11. The van der Waals surface area contributed by atoms with Crippen LogP contribution < -0.4 is 16.0 Å². The zero-order valence-electron chi connectivity index (χ0n) is 32.7. The van der Waals surface area contributed by atoms with Crippen molar-refractivity contribution in [1.82, 2.24) is 16.0 Å². The Bertz CT molecular complexity index is 1780. The molecule has 13 atom stereocenters. The van der Waals surface area contributed by atoms with Gasteiger partial charge in [-0.3, -0.25) is 14.4 Å². The summed E-state index contributed by atoms with van der Waals surface area (Å²) >= 11 is 0. The van der Waals surface area contributed by atoms with Crippen molar-refractivity contribution in [3.8, 4) is 0 Å². The molecule has 10 aliphatic rings. The molecule has 2 spiro atoms. The Morgan fingerprint density at radius 1 is 0.690 bits per heavy atom. The van der Waals surface area contributed by atoms with E-state index in [0.29, 0.717) is 38.5 Å². The van der Waals surface area contributed by atoms with Crippen molar-refractivity contribution in [3.05, 3.63) is 22.7 Å². The number of carbonyl (C=O) groups is 3. The van der Waals surface area contributed by atoms with Crippen LogP contribution in [0.25, 0.3) is 0 Å². The van der Waals surface area contributed by atoms with Crippen molar-refractivity contribution in [2.45, 2.75) is 146 Å². The SMILES string of the molecule is CC(=O)N[C@@H](CC(=O)NCC1=C(C(F)(F)F)O[C@@H]2O[C@]3(C)CC[C@H]4[C@H](C)CC[C@@H]1[C@@]24OO3)C(=O)NCC1=C(C(F)(F)F)O[C@@H]2O[C@@]3(C)CC[C@H]4[C@H](C)CC[C@@H]1[C@@]24OO3. The molecule has 8 aliphatic heterocycles. The molecule has 324 valence electrons. The number of alkyl halides is 6. The highest BCUT2D eigenvalue weighted by Crippen LogP contribution is 2.63. The maximum atomic E-state index is 14.7. The van der Waals surface area contributed by atoms with E-state index in [1.807, 2.05) is 13.8 Å². The molecule has 2 saturated carbocycles. The molecule has 6 saturated heterocycles. The molecule has 0 aromatic rings. The average Bonchev–Trinajstić information content (AvgIpc) is 3.51. The quantitative estimate of drug-likeness (QED) is 0.217. The molecule has 0 unspecified atom stereocenters. The van der Waals surface area contributed by atoms with E-state index >= 15 is 0 Å². The Balaban J connectivity index is 1.01. The second-order valence-electron chi connectivity index (χ2n) is 17.6. The van der Waals surface area contributed by atoms with E-state index in [0.717, 1.165) is 6.92 Å². The van der Waals surface area contributed by atoms with E-state index in [2.05, 4.69) is 16.0 Å². The van der Waals surface area contributed by atoms with Crippen molar-refractivity contribution >= 4 is 17.7 Å². The lowest BCUT2D eigenvalue weighted by atomic mass is 9.59. The van der Waals surface area contributed by atoms with Gasteiger partial charge in [-0.05, 0) is 64.2 Å². The van der Waals surface area contributed by atoms with Crippen molar-refractivity contribution in [2.24, 2.45) is 35.5 Å². The first-order chi connectivity index (χ1) is 27.1. The van der Waals surface area contributed by atoms with E-state index in [4.69, 9.17) is 38.5 Å². The van der Waals surface area contributed by atoms with Gasteiger partial charge in [0.15, 0.2) is 11.2 Å². The zero-order chi connectivity index (χ0) is 41.8. The fraction of sp³-hybridized carbons (Fsp3) is 0.816. The summed E-state index contributed by atoms with van der Waals surface area (Å²) in [4.78, 5) is 62.7. The van der Waals surface area contributed by atoms with Crippen LogP contribution in [0.3, 0.4) is 0 Å². The van der Waals surface area contributed by atoms with E-state index in [1.165, 1.54) is 0 Å². The van der Waals surface area contributed by atoms with Crippen LogP contribution in [0, 0.1) is 35.5 Å². The number of ether oxygens (including phenoxy) is 4. The van der Waals surface area contributed by atoms with Crippen molar-refractivity contribution in [3.63, 3.8) is 0 Å². The van der Waals surface area contributed by atoms with Crippen molar-refractivity contribution < 1.29 is 79.2 Å². The highest BCUT2D eigenvalue weighted by molar-refractivity contribution is 5.91. The van der Waals surface area contributed by atoms with Gasteiger partial charge in [-0.2, -0.15) is 26.3 Å². The minimum atomic E-state index is -4.99. The van der Waals surface area contributed by atoms with Gasteiger partial charge in [-0.15, -0.1) is 0 Å². The summed E-state index contributed by atoms with van der Waals surface area (Å²) in [5.41, 5.74) is -3.47. The summed E-state index contributed by atoms with van der Waals surface area (Å²) in [6.45, 7) is 6.83. The van der Waals surface area contributed by atoms with E-state index in [1.54, 1.807) is 13.8 Å². The number of hydrogen-bond acceptors (Lipinski definition) is 11. The van der Waals surface area contributed by atoms with E-state index < -0.39 is 114 Å². The smallest absolute Gasteiger partial charge is 0.449 e. The molecule has 0 aromatic carbocycles. The Kier molecular flexibility index (Phi) is 10.2. The van der Waals surface area contributed by atoms with Crippen LogP contribution in [0.1, 0.15) is 92.4 Å². The van der Waals surface area contributed by atoms with Gasteiger partial charge in [0.05, 0.1) is 6.42 Å². The Morgan fingerprint density at radius 3 is 1.57 bits per heavy atom. The highest BCUT2D eigenvalue weighted by atomic mass is 19.4. The molecule has 3 N–H and O–H groups in total. The molecule has 0 radical (unpaired) electrons. The Labute approximate surface area is 330 Å². The average molecular weight is 838 g/mol. The molecule has 10 rings (SSSR count). The summed E-state index contributed by atoms with van der Waals surface area (Å²) in [5, 5.41) is 7.23. The van der Waals surface area contributed by atoms with Crippen LogP contribution in [-0.4, -0.2) is 84.6 Å². The van der Waals surface area contributed by atoms with Gasteiger partial charge >= 0.3 is 12.4 Å². The molecule has 8 heterocycles. The zero-order valence-corrected chi connectivity index (χ0v) is 32.7. The van der Waals surface area contributed by atoms with Crippen LogP contribution in [0.2, 0.25) is 0 Å². The first-order valence-electron chi connectivity index (χ1n) is 19.9. The van der Waals surface area contributed by atoms with Gasteiger partial charge in [0.2, 0.25) is 53.4 Å². The van der Waals surface area contributed by atoms with Crippen LogP contribution >= 0.6 is 0 Å². The van der Waals surface area contributed by atoms with E-state index in [9.17, 15) is 40.7 Å². The highest BCUT2D eigenvalue weighted by Gasteiger charge is 2.72. The number of allylic oxidation sites excluding steroid dienone is 2. The summed E-state index contributed by atoms with van der Waals surface area (Å²) in [7, 11) is 0. The molecule has 3 amide bonds. The molecule has 2 aliphatic carbocycles. The molecule has 0 aromatic heterocycles. The second-order valence-corrected chi connectivity index (χ2v) is 17.6. The Morgan fingerprint density at radius 2 is 1.14 bits per heavy atom. The molecule has 8 fully saturated rings. The normalized spacial score (nSPS) is 42.2. The summed E-state index contributed by atoms with van der Waals surface area (Å²) in [6, 6.07) is -1.62. The number of amides is 3.